The van der Waals surface area contributed by atoms with E-state index < -0.39 is 15.9 Å². The summed E-state index contributed by atoms with van der Waals surface area (Å²) in [7, 11) is -3.84. The van der Waals surface area contributed by atoms with Crippen molar-refractivity contribution in [2.45, 2.75) is 38.0 Å². The monoisotopic (exact) mass is 413 g/mol. The van der Waals surface area contributed by atoms with Gasteiger partial charge in [-0.3, -0.25) is 9.52 Å². The number of anilines is 2. The number of carbonyl (C=O) groups is 1. The highest BCUT2D eigenvalue weighted by molar-refractivity contribution is 7.92. The van der Waals surface area contributed by atoms with Crippen molar-refractivity contribution in [3.8, 4) is 0 Å². The van der Waals surface area contributed by atoms with Crippen molar-refractivity contribution in [2.24, 2.45) is 0 Å². The SMILES string of the molecule is Cc1cccc(NS(=O)(=O)c2cccc(C(=O)Nc3cc(C(C)(C)C)on3)c2)c1. The van der Waals surface area contributed by atoms with Crippen LogP contribution in [0.3, 0.4) is 0 Å². The van der Waals surface area contributed by atoms with Gasteiger partial charge < -0.3 is 9.84 Å². The van der Waals surface area contributed by atoms with Crippen LogP contribution < -0.4 is 10.0 Å². The molecule has 0 aliphatic heterocycles. The van der Waals surface area contributed by atoms with Gasteiger partial charge in [-0.1, -0.05) is 44.1 Å². The Kier molecular flexibility index (Phi) is 5.48. The van der Waals surface area contributed by atoms with E-state index in [0.717, 1.165) is 5.56 Å². The fourth-order valence-electron chi connectivity index (χ4n) is 2.60. The van der Waals surface area contributed by atoms with Gasteiger partial charge in [0.2, 0.25) is 0 Å². The Balaban J connectivity index is 1.79. The summed E-state index contributed by atoms with van der Waals surface area (Å²) in [4.78, 5) is 12.5. The number of hydrogen-bond donors (Lipinski definition) is 2. The number of sulfonamides is 1. The summed E-state index contributed by atoms with van der Waals surface area (Å²) >= 11 is 0. The first-order valence-corrected chi connectivity index (χ1v) is 10.5. The Morgan fingerprint density at radius 2 is 1.76 bits per heavy atom. The largest absolute Gasteiger partial charge is 0.359 e. The zero-order valence-corrected chi connectivity index (χ0v) is 17.5. The maximum Gasteiger partial charge on any atom is 0.261 e. The minimum absolute atomic E-state index is 0.0119. The van der Waals surface area contributed by atoms with E-state index in [4.69, 9.17) is 4.52 Å². The summed E-state index contributed by atoms with van der Waals surface area (Å²) in [6.45, 7) is 7.77. The van der Waals surface area contributed by atoms with Gasteiger partial charge in [0.15, 0.2) is 5.82 Å². The summed E-state index contributed by atoms with van der Waals surface area (Å²) < 4.78 is 33.2. The molecule has 2 aromatic carbocycles. The Morgan fingerprint density at radius 3 is 2.41 bits per heavy atom. The molecular formula is C21H23N3O4S. The van der Waals surface area contributed by atoms with Crippen molar-refractivity contribution in [2.75, 3.05) is 10.0 Å². The van der Waals surface area contributed by atoms with Crippen LogP contribution in [-0.4, -0.2) is 19.5 Å². The molecule has 0 unspecified atom stereocenters. The Morgan fingerprint density at radius 1 is 1.03 bits per heavy atom. The lowest BCUT2D eigenvalue weighted by Crippen LogP contribution is -2.16. The van der Waals surface area contributed by atoms with Crippen molar-refractivity contribution in [3.63, 3.8) is 0 Å². The topological polar surface area (TPSA) is 101 Å². The molecule has 1 aromatic heterocycles. The highest BCUT2D eigenvalue weighted by Crippen LogP contribution is 2.25. The van der Waals surface area contributed by atoms with Gasteiger partial charge in [0.1, 0.15) is 5.76 Å². The van der Waals surface area contributed by atoms with Gasteiger partial charge in [-0.15, -0.1) is 0 Å². The van der Waals surface area contributed by atoms with E-state index in [0.29, 0.717) is 11.4 Å². The molecule has 3 rings (SSSR count). The molecule has 0 aliphatic rings. The average molecular weight is 413 g/mol. The third-order valence-corrected chi connectivity index (χ3v) is 5.55. The first kappa shape index (κ1) is 20.6. The number of aryl methyl sites for hydroxylation is 1. The molecule has 0 spiro atoms. The number of rotatable bonds is 5. The molecule has 152 valence electrons. The lowest BCUT2D eigenvalue weighted by Gasteiger charge is -2.12. The normalized spacial score (nSPS) is 11.9. The summed E-state index contributed by atoms with van der Waals surface area (Å²) in [5, 5.41) is 6.47. The fraction of sp³-hybridized carbons (Fsp3) is 0.238. The van der Waals surface area contributed by atoms with Crippen LogP contribution in [0.15, 0.2) is 64.0 Å². The average Bonchev–Trinajstić information content (AvgIpc) is 3.10. The zero-order valence-electron chi connectivity index (χ0n) is 16.7. The van der Waals surface area contributed by atoms with E-state index >= 15 is 0 Å². The third-order valence-electron chi connectivity index (χ3n) is 4.17. The number of carbonyl (C=O) groups excluding carboxylic acids is 1. The van der Waals surface area contributed by atoms with Gasteiger partial charge in [0.25, 0.3) is 15.9 Å². The standard InChI is InChI=1S/C21H23N3O4S/c1-14-7-5-9-16(11-14)24-29(26,27)17-10-6-8-15(12-17)20(25)22-19-13-18(28-23-19)21(2,3)4/h5-13,24H,1-4H3,(H,22,23,25). The van der Waals surface area contributed by atoms with Crippen LogP contribution >= 0.6 is 0 Å². The zero-order chi connectivity index (χ0) is 21.2. The number of aromatic nitrogens is 1. The molecule has 7 nitrogen and oxygen atoms in total. The highest BCUT2D eigenvalue weighted by atomic mass is 32.2. The number of nitrogens with one attached hydrogen (secondary N) is 2. The molecule has 0 aliphatic carbocycles. The van der Waals surface area contributed by atoms with Crippen LogP contribution in [0.4, 0.5) is 11.5 Å². The van der Waals surface area contributed by atoms with Crippen LogP contribution in [-0.2, 0) is 15.4 Å². The lowest BCUT2D eigenvalue weighted by molar-refractivity contribution is 0.102. The van der Waals surface area contributed by atoms with Gasteiger partial charge in [0, 0.05) is 22.7 Å². The van der Waals surface area contributed by atoms with Crippen molar-refractivity contribution in [1.29, 1.82) is 0 Å². The van der Waals surface area contributed by atoms with E-state index in [2.05, 4.69) is 15.2 Å². The summed E-state index contributed by atoms with van der Waals surface area (Å²) in [5.41, 5.74) is 1.33. The van der Waals surface area contributed by atoms with Crippen molar-refractivity contribution >= 4 is 27.4 Å². The number of amides is 1. The molecule has 0 radical (unpaired) electrons. The Labute approximate surface area is 170 Å². The van der Waals surface area contributed by atoms with E-state index in [1.54, 1.807) is 24.3 Å². The second-order valence-electron chi connectivity index (χ2n) is 7.78. The second kappa shape index (κ2) is 7.71. The molecule has 0 saturated heterocycles. The highest BCUT2D eigenvalue weighted by Gasteiger charge is 2.21. The van der Waals surface area contributed by atoms with Crippen LogP contribution in [0.5, 0.6) is 0 Å². The molecule has 1 amide bonds. The molecule has 0 atom stereocenters. The molecule has 29 heavy (non-hydrogen) atoms. The Hall–Kier alpha value is -3.13. The van der Waals surface area contributed by atoms with Crippen LogP contribution in [0.25, 0.3) is 0 Å². The molecule has 8 heteroatoms. The van der Waals surface area contributed by atoms with Crippen molar-refractivity contribution in [1.82, 2.24) is 5.16 Å². The lowest BCUT2D eigenvalue weighted by atomic mass is 9.93. The van der Waals surface area contributed by atoms with Gasteiger partial charge in [0.05, 0.1) is 4.90 Å². The molecule has 2 N–H and O–H groups in total. The maximum atomic E-state index is 12.7. The van der Waals surface area contributed by atoms with Crippen LogP contribution in [0.2, 0.25) is 0 Å². The molecular weight excluding hydrogens is 390 g/mol. The number of hydrogen-bond acceptors (Lipinski definition) is 5. The van der Waals surface area contributed by atoms with E-state index in [1.807, 2.05) is 33.8 Å². The first-order chi connectivity index (χ1) is 13.5. The molecule has 0 saturated carbocycles. The van der Waals surface area contributed by atoms with E-state index in [9.17, 15) is 13.2 Å². The number of benzene rings is 2. The predicted molar refractivity (Wildman–Crippen MR) is 112 cm³/mol. The van der Waals surface area contributed by atoms with Crippen molar-refractivity contribution in [3.05, 3.63) is 71.5 Å². The van der Waals surface area contributed by atoms with E-state index in [-0.39, 0.29) is 21.7 Å². The van der Waals surface area contributed by atoms with Crippen LogP contribution in [0.1, 0.15) is 42.5 Å². The molecule has 0 bridgehead atoms. The summed E-state index contributed by atoms with van der Waals surface area (Å²) in [6.07, 6.45) is 0. The molecule has 1 heterocycles. The quantitative estimate of drug-likeness (QED) is 0.648. The summed E-state index contributed by atoms with van der Waals surface area (Å²) in [5.74, 6) is 0.420. The minimum Gasteiger partial charge on any atom is -0.359 e. The van der Waals surface area contributed by atoms with Gasteiger partial charge in [-0.05, 0) is 42.8 Å². The second-order valence-corrected chi connectivity index (χ2v) is 9.47. The van der Waals surface area contributed by atoms with Gasteiger partial charge >= 0.3 is 0 Å². The molecule has 0 fully saturated rings. The minimum atomic E-state index is -3.84. The van der Waals surface area contributed by atoms with Crippen LogP contribution in [0, 0.1) is 6.92 Å². The maximum absolute atomic E-state index is 12.7. The van der Waals surface area contributed by atoms with Crippen molar-refractivity contribution < 1.29 is 17.7 Å². The van der Waals surface area contributed by atoms with Gasteiger partial charge in [-0.25, -0.2) is 8.42 Å². The molecule has 3 aromatic rings. The number of nitrogens with zero attached hydrogens (tertiary/aromatic N) is 1. The van der Waals surface area contributed by atoms with E-state index in [1.165, 1.54) is 24.3 Å². The summed E-state index contributed by atoms with van der Waals surface area (Å²) in [6, 6.07) is 14.5. The fourth-order valence-corrected chi connectivity index (χ4v) is 3.70. The Bertz CT molecular complexity index is 1140. The third kappa shape index (κ3) is 5.03. The smallest absolute Gasteiger partial charge is 0.261 e. The van der Waals surface area contributed by atoms with Gasteiger partial charge in [-0.2, -0.15) is 0 Å². The first-order valence-electron chi connectivity index (χ1n) is 9.03. The predicted octanol–water partition coefficient (Wildman–Crippen LogP) is 4.33.